The fraction of sp³-hybridized carbons (Fsp3) is 0.364. The Balaban J connectivity index is 1.44. The zero-order valence-corrected chi connectivity index (χ0v) is 18.1. The largest absolute Gasteiger partial charge is 0.492 e. The summed E-state index contributed by atoms with van der Waals surface area (Å²) in [6.07, 6.45) is 1.65. The molecule has 7 heteroatoms. The third kappa shape index (κ3) is 6.30. The number of carbonyl (C=O) groups is 2. The Kier molecular flexibility index (Phi) is 7.66. The summed E-state index contributed by atoms with van der Waals surface area (Å²) in [7, 11) is 0. The quantitative estimate of drug-likeness (QED) is 0.662. The number of benzene rings is 2. The number of likely N-dealkylation sites (tertiary alicyclic amines) is 1. The van der Waals surface area contributed by atoms with Crippen molar-refractivity contribution in [1.29, 1.82) is 0 Å². The molecule has 1 saturated heterocycles. The summed E-state index contributed by atoms with van der Waals surface area (Å²) in [5.74, 6) is 0.563. The number of halogens is 1. The van der Waals surface area contributed by atoms with Gasteiger partial charge in [0.2, 0.25) is 5.91 Å². The van der Waals surface area contributed by atoms with E-state index in [-0.39, 0.29) is 17.9 Å². The molecular weight excluding hydrogens is 434 g/mol. The van der Waals surface area contributed by atoms with E-state index in [2.05, 4.69) is 31.5 Å². The first kappa shape index (κ1) is 21.3. The summed E-state index contributed by atoms with van der Waals surface area (Å²) in [6.45, 7) is 4.33. The van der Waals surface area contributed by atoms with Gasteiger partial charge in [-0.3, -0.25) is 14.5 Å². The van der Waals surface area contributed by atoms with Crippen LogP contribution in [0, 0.1) is 0 Å². The molecule has 6 nitrogen and oxygen atoms in total. The van der Waals surface area contributed by atoms with Gasteiger partial charge in [-0.05, 0) is 56.2 Å². The monoisotopic (exact) mass is 459 g/mol. The first-order chi connectivity index (χ1) is 14.0. The third-order valence-electron chi connectivity index (χ3n) is 4.86. The van der Waals surface area contributed by atoms with Crippen LogP contribution in [0.3, 0.4) is 0 Å². The van der Waals surface area contributed by atoms with E-state index in [1.807, 2.05) is 43.3 Å². The van der Waals surface area contributed by atoms with E-state index in [0.717, 1.165) is 30.4 Å². The second-order valence-corrected chi connectivity index (χ2v) is 7.92. The minimum Gasteiger partial charge on any atom is -0.492 e. The van der Waals surface area contributed by atoms with E-state index >= 15 is 0 Å². The third-order valence-corrected chi connectivity index (χ3v) is 5.39. The van der Waals surface area contributed by atoms with E-state index in [9.17, 15) is 9.59 Å². The summed E-state index contributed by atoms with van der Waals surface area (Å²) in [5, 5.41) is 6.02. The summed E-state index contributed by atoms with van der Waals surface area (Å²) in [6, 6.07) is 14.9. The second kappa shape index (κ2) is 10.4. The van der Waals surface area contributed by atoms with Crippen LogP contribution in [0.5, 0.6) is 5.75 Å². The number of para-hydroxylation sites is 2. The molecule has 0 bridgehead atoms. The molecule has 2 aromatic carbocycles. The van der Waals surface area contributed by atoms with Gasteiger partial charge in [0.1, 0.15) is 5.75 Å². The lowest BCUT2D eigenvalue weighted by Gasteiger charge is -2.31. The SMILES string of the molecule is CCOc1ccccc1NC(=O)CN1CCC(NC(=O)c2ccc(Br)cc2)CC1. The van der Waals surface area contributed by atoms with Crippen LogP contribution in [0.1, 0.15) is 30.1 Å². The molecule has 0 spiro atoms. The first-order valence-electron chi connectivity index (χ1n) is 9.85. The zero-order valence-electron chi connectivity index (χ0n) is 16.5. The fourth-order valence-electron chi connectivity index (χ4n) is 3.35. The van der Waals surface area contributed by atoms with E-state index in [4.69, 9.17) is 4.74 Å². The van der Waals surface area contributed by atoms with Crippen LogP contribution < -0.4 is 15.4 Å². The molecule has 0 radical (unpaired) electrons. The van der Waals surface area contributed by atoms with Gasteiger partial charge < -0.3 is 15.4 Å². The second-order valence-electron chi connectivity index (χ2n) is 7.01. The average Bonchev–Trinajstić information content (AvgIpc) is 2.71. The minimum absolute atomic E-state index is 0.0544. The van der Waals surface area contributed by atoms with Gasteiger partial charge in [0, 0.05) is 29.2 Å². The topological polar surface area (TPSA) is 70.7 Å². The molecule has 0 saturated carbocycles. The van der Waals surface area contributed by atoms with Crippen molar-refractivity contribution in [3.63, 3.8) is 0 Å². The van der Waals surface area contributed by atoms with Crippen molar-refractivity contribution in [2.24, 2.45) is 0 Å². The first-order valence-corrected chi connectivity index (χ1v) is 10.6. The van der Waals surface area contributed by atoms with Crippen LogP contribution >= 0.6 is 15.9 Å². The number of anilines is 1. The predicted molar refractivity (Wildman–Crippen MR) is 117 cm³/mol. The van der Waals surface area contributed by atoms with Crippen LogP contribution in [0.15, 0.2) is 53.0 Å². The molecule has 154 valence electrons. The van der Waals surface area contributed by atoms with Gasteiger partial charge in [0.15, 0.2) is 0 Å². The predicted octanol–water partition coefficient (Wildman–Crippen LogP) is 3.68. The summed E-state index contributed by atoms with van der Waals surface area (Å²) in [4.78, 5) is 26.9. The van der Waals surface area contributed by atoms with E-state index in [0.29, 0.717) is 30.2 Å². The van der Waals surface area contributed by atoms with E-state index < -0.39 is 0 Å². The lowest BCUT2D eigenvalue weighted by atomic mass is 10.0. The molecular formula is C22H26BrN3O3. The summed E-state index contributed by atoms with van der Waals surface area (Å²) >= 11 is 3.37. The highest BCUT2D eigenvalue weighted by molar-refractivity contribution is 9.10. The number of carbonyl (C=O) groups excluding carboxylic acids is 2. The molecule has 2 aromatic rings. The van der Waals surface area contributed by atoms with Crippen LogP contribution in [-0.2, 0) is 4.79 Å². The van der Waals surface area contributed by atoms with Gasteiger partial charge in [-0.15, -0.1) is 0 Å². The lowest BCUT2D eigenvalue weighted by Crippen LogP contribution is -2.46. The van der Waals surface area contributed by atoms with Crippen LogP contribution in [0.25, 0.3) is 0 Å². The fourth-order valence-corrected chi connectivity index (χ4v) is 3.61. The molecule has 3 rings (SSSR count). The number of hydrogen-bond acceptors (Lipinski definition) is 4. The summed E-state index contributed by atoms with van der Waals surface area (Å²) < 4.78 is 6.50. The lowest BCUT2D eigenvalue weighted by molar-refractivity contribution is -0.117. The Morgan fingerprint density at radius 1 is 1.10 bits per heavy atom. The van der Waals surface area contributed by atoms with E-state index in [1.165, 1.54) is 0 Å². The van der Waals surface area contributed by atoms with Crippen molar-refractivity contribution < 1.29 is 14.3 Å². The molecule has 0 unspecified atom stereocenters. The molecule has 1 fully saturated rings. The minimum atomic E-state index is -0.0606. The van der Waals surface area contributed by atoms with Gasteiger partial charge in [0.05, 0.1) is 18.8 Å². The molecule has 0 atom stereocenters. The van der Waals surface area contributed by atoms with Crippen molar-refractivity contribution in [2.75, 3.05) is 31.6 Å². The molecule has 1 aliphatic rings. The van der Waals surface area contributed by atoms with Crippen molar-refractivity contribution in [3.8, 4) is 5.75 Å². The Hall–Kier alpha value is -2.38. The Bertz CT molecular complexity index is 833. The normalized spacial score (nSPS) is 15.0. The maximum absolute atomic E-state index is 12.4. The highest BCUT2D eigenvalue weighted by Gasteiger charge is 2.22. The Labute approximate surface area is 179 Å². The van der Waals surface area contributed by atoms with Crippen molar-refractivity contribution in [2.45, 2.75) is 25.8 Å². The Morgan fingerprint density at radius 3 is 2.48 bits per heavy atom. The van der Waals surface area contributed by atoms with Crippen LogP contribution in [0.4, 0.5) is 5.69 Å². The molecule has 0 aliphatic carbocycles. The molecule has 1 aliphatic heterocycles. The average molecular weight is 460 g/mol. The highest BCUT2D eigenvalue weighted by atomic mass is 79.9. The van der Waals surface area contributed by atoms with Crippen molar-refractivity contribution >= 4 is 33.4 Å². The molecule has 1 heterocycles. The summed E-state index contributed by atoms with van der Waals surface area (Å²) in [5.41, 5.74) is 1.35. The number of nitrogens with one attached hydrogen (secondary N) is 2. The number of ether oxygens (including phenoxy) is 1. The zero-order chi connectivity index (χ0) is 20.6. The van der Waals surface area contributed by atoms with Gasteiger partial charge in [-0.25, -0.2) is 0 Å². The molecule has 2 N–H and O–H groups in total. The maximum Gasteiger partial charge on any atom is 0.251 e. The number of hydrogen-bond donors (Lipinski definition) is 2. The van der Waals surface area contributed by atoms with Gasteiger partial charge >= 0.3 is 0 Å². The van der Waals surface area contributed by atoms with E-state index in [1.54, 1.807) is 12.1 Å². The van der Waals surface area contributed by atoms with Crippen molar-refractivity contribution in [3.05, 3.63) is 58.6 Å². The number of nitrogens with zero attached hydrogens (tertiary/aromatic N) is 1. The maximum atomic E-state index is 12.4. The van der Waals surface area contributed by atoms with Gasteiger partial charge in [0.25, 0.3) is 5.91 Å². The van der Waals surface area contributed by atoms with Crippen molar-refractivity contribution in [1.82, 2.24) is 10.2 Å². The number of piperidine rings is 1. The number of rotatable bonds is 7. The standard InChI is InChI=1S/C22H26BrN3O3/c1-2-29-20-6-4-3-5-19(20)25-21(27)15-26-13-11-18(12-14-26)24-22(28)16-7-9-17(23)10-8-16/h3-10,18H,2,11-15H2,1H3,(H,24,28)(H,25,27). The van der Waals surface area contributed by atoms with Crippen LogP contribution in [-0.4, -0.2) is 49.0 Å². The van der Waals surface area contributed by atoms with Gasteiger partial charge in [-0.2, -0.15) is 0 Å². The molecule has 0 aromatic heterocycles. The molecule has 29 heavy (non-hydrogen) atoms. The van der Waals surface area contributed by atoms with Gasteiger partial charge in [-0.1, -0.05) is 28.1 Å². The molecule has 2 amide bonds. The smallest absolute Gasteiger partial charge is 0.251 e. The number of amides is 2. The highest BCUT2D eigenvalue weighted by Crippen LogP contribution is 2.23. The Morgan fingerprint density at radius 2 is 1.79 bits per heavy atom. The van der Waals surface area contributed by atoms with Crippen LogP contribution in [0.2, 0.25) is 0 Å².